The molecule has 33 heavy (non-hydrogen) atoms. The number of thiophene rings is 1. The van der Waals surface area contributed by atoms with E-state index in [1.165, 1.54) is 29.5 Å². The van der Waals surface area contributed by atoms with Crippen molar-refractivity contribution in [3.8, 4) is 5.75 Å². The van der Waals surface area contributed by atoms with Gasteiger partial charge in [-0.15, -0.1) is 11.3 Å². The molecule has 0 saturated heterocycles. The van der Waals surface area contributed by atoms with E-state index in [4.69, 9.17) is 27.9 Å². The number of anilines is 2. The Morgan fingerprint density at radius 2 is 2.12 bits per heavy atom. The molecule has 168 valence electrons. The van der Waals surface area contributed by atoms with Crippen LogP contribution in [0.3, 0.4) is 0 Å². The third kappa shape index (κ3) is 5.39. The van der Waals surface area contributed by atoms with Crippen LogP contribution in [0.25, 0.3) is 6.08 Å². The number of hydrogen-bond acceptors (Lipinski definition) is 7. The van der Waals surface area contributed by atoms with Gasteiger partial charge in [0.2, 0.25) is 5.91 Å². The van der Waals surface area contributed by atoms with E-state index < -0.39 is 0 Å². The van der Waals surface area contributed by atoms with E-state index in [0.29, 0.717) is 27.3 Å². The molecule has 7 nitrogen and oxygen atoms in total. The molecule has 1 N–H and O–H groups in total. The Bertz CT molecular complexity index is 1260. The van der Waals surface area contributed by atoms with Crippen LogP contribution in [0.15, 0.2) is 64.7 Å². The van der Waals surface area contributed by atoms with Gasteiger partial charge in [0.25, 0.3) is 5.91 Å². The zero-order valence-corrected chi connectivity index (χ0v) is 20.3. The van der Waals surface area contributed by atoms with Gasteiger partial charge in [0.15, 0.2) is 10.3 Å². The highest BCUT2D eigenvalue weighted by Crippen LogP contribution is 2.34. The first-order chi connectivity index (χ1) is 16.0. The van der Waals surface area contributed by atoms with E-state index in [9.17, 15) is 9.59 Å². The van der Waals surface area contributed by atoms with Crippen LogP contribution < -0.4 is 15.0 Å². The summed E-state index contributed by atoms with van der Waals surface area (Å²) in [6, 6.07) is 12.1. The molecular formula is C22H16Cl2N4O3S2. The number of aliphatic imine (C=N–C) groups is 1. The van der Waals surface area contributed by atoms with Crippen LogP contribution in [0.4, 0.5) is 11.4 Å². The Labute approximate surface area is 208 Å². The zero-order valence-electron chi connectivity index (χ0n) is 17.1. The molecule has 1 aliphatic heterocycles. The van der Waals surface area contributed by atoms with Crippen molar-refractivity contribution < 1.29 is 14.3 Å². The average molecular weight is 519 g/mol. The molecule has 2 amide bonds. The molecule has 2 aromatic heterocycles. The molecule has 0 unspecified atom stereocenters. The summed E-state index contributed by atoms with van der Waals surface area (Å²) in [6.45, 7) is 0. The maximum atomic E-state index is 13.2. The van der Waals surface area contributed by atoms with E-state index in [-0.39, 0.29) is 28.4 Å². The number of pyridine rings is 1. The van der Waals surface area contributed by atoms with Crippen LogP contribution in [0, 0.1) is 0 Å². The number of carbonyl (C=O) groups excluding carboxylic acids is 2. The van der Waals surface area contributed by atoms with Crippen molar-refractivity contribution in [3.05, 3.63) is 74.8 Å². The van der Waals surface area contributed by atoms with Crippen LogP contribution in [0.2, 0.25) is 10.2 Å². The second kappa shape index (κ2) is 10.4. The standard InChI is InChI=1S/C22H16Cl2N4O3S2/c1-31-18-7-6-13(10-15(18)23)28-21(30)17(11-14-4-3-9-32-14)27-22(28)33-12-19(29)26-16-5-2-8-25-20(16)24/h2-11H,12H2,1H3,(H,26,29)/b17-11+. The molecule has 1 aromatic carbocycles. The number of nitrogens with one attached hydrogen (secondary N) is 1. The Balaban J connectivity index is 1.58. The minimum Gasteiger partial charge on any atom is -0.495 e. The highest BCUT2D eigenvalue weighted by molar-refractivity contribution is 8.14. The minimum absolute atomic E-state index is 0.00397. The summed E-state index contributed by atoms with van der Waals surface area (Å²) in [4.78, 5) is 36.5. The molecule has 3 heterocycles. The molecule has 0 aliphatic carbocycles. The minimum atomic E-state index is -0.317. The van der Waals surface area contributed by atoms with Crippen molar-refractivity contribution in [3.63, 3.8) is 0 Å². The number of carbonyl (C=O) groups is 2. The second-order valence-corrected chi connectivity index (χ2v) is 9.26. The number of thioether (sulfide) groups is 1. The van der Waals surface area contributed by atoms with E-state index >= 15 is 0 Å². The van der Waals surface area contributed by atoms with Crippen molar-refractivity contribution in [2.24, 2.45) is 4.99 Å². The van der Waals surface area contributed by atoms with Crippen LogP contribution >= 0.6 is 46.3 Å². The molecule has 0 fully saturated rings. The zero-order chi connectivity index (χ0) is 23.4. The second-order valence-electron chi connectivity index (χ2n) is 6.58. The Morgan fingerprint density at radius 3 is 2.82 bits per heavy atom. The molecule has 0 radical (unpaired) electrons. The predicted octanol–water partition coefficient (Wildman–Crippen LogP) is 5.57. The Morgan fingerprint density at radius 1 is 1.27 bits per heavy atom. The number of nitrogens with zero attached hydrogens (tertiary/aromatic N) is 3. The van der Waals surface area contributed by atoms with Crippen LogP contribution in [0.5, 0.6) is 5.75 Å². The molecule has 3 aromatic rings. The fraction of sp³-hybridized carbons (Fsp3) is 0.0909. The van der Waals surface area contributed by atoms with Gasteiger partial charge in [0.1, 0.15) is 11.4 Å². The third-order valence-corrected chi connectivity index (χ3v) is 6.77. The quantitative estimate of drug-likeness (QED) is 0.340. The van der Waals surface area contributed by atoms with Crippen molar-refractivity contribution in [1.29, 1.82) is 0 Å². The van der Waals surface area contributed by atoms with E-state index in [1.54, 1.807) is 36.4 Å². The number of aromatic nitrogens is 1. The first kappa shape index (κ1) is 23.3. The Hall–Kier alpha value is -2.85. The molecule has 11 heteroatoms. The molecule has 1 aliphatic rings. The van der Waals surface area contributed by atoms with Crippen LogP contribution in [-0.2, 0) is 9.59 Å². The maximum absolute atomic E-state index is 13.2. The first-order valence-corrected chi connectivity index (χ1v) is 12.1. The van der Waals surface area contributed by atoms with Crippen molar-refractivity contribution in [2.75, 3.05) is 23.1 Å². The molecule has 4 rings (SSSR count). The largest absolute Gasteiger partial charge is 0.495 e. The van der Waals surface area contributed by atoms with Gasteiger partial charge < -0.3 is 10.1 Å². The number of hydrogen-bond donors (Lipinski definition) is 1. The van der Waals surface area contributed by atoms with Crippen LogP contribution in [-0.4, -0.2) is 34.8 Å². The normalized spacial score (nSPS) is 14.5. The summed E-state index contributed by atoms with van der Waals surface area (Å²) < 4.78 is 5.20. The number of amides is 2. The highest BCUT2D eigenvalue weighted by atomic mass is 35.5. The summed E-state index contributed by atoms with van der Waals surface area (Å²) in [5.41, 5.74) is 1.19. The summed E-state index contributed by atoms with van der Waals surface area (Å²) in [5, 5.41) is 5.53. The lowest BCUT2D eigenvalue weighted by Gasteiger charge is -2.18. The lowest BCUT2D eigenvalue weighted by atomic mass is 10.2. The van der Waals surface area contributed by atoms with Crippen molar-refractivity contribution in [1.82, 2.24) is 4.98 Å². The average Bonchev–Trinajstić information content (AvgIpc) is 3.42. The fourth-order valence-electron chi connectivity index (χ4n) is 2.92. The van der Waals surface area contributed by atoms with E-state index in [1.807, 2.05) is 17.5 Å². The summed E-state index contributed by atoms with van der Waals surface area (Å²) in [7, 11) is 1.51. The molecule has 0 atom stereocenters. The molecule has 0 bridgehead atoms. The monoisotopic (exact) mass is 518 g/mol. The van der Waals surface area contributed by atoms with E-state index in [0.717, 1.165) is 16.6 Å². The van der Waals surface area contributed by atoms with Gasteiger partial charge in [-0.3, -0.25) is 14.5 Å². The topological polar surface area (TPSA) is 83.9 Å². The predicted molar refractivity (Wildman–Crippen MR) is 136 cm³/mol. The van der Waals surface area contributed by atoms with Crippen molar-refractivity contribution >= 4 is 80.7 Å². The van der Waals surface area contributed by atoms with Gasteiger partial charge in [-0.1, -0.05) is 41.0 Å². The van der Waals surface area contributed by atoms with Gasteiger partial charge in [-0.25, -0.2) is 9.98 Å². The number of halogens is 2. The number of rotatable bonds is 6. The fourth-order valence-corrected chi connectivity index (χ4v) is 4.80. The summed E-state index contributed by atoms with van der Waals surface area (Å²) in [5.74, 6) is -0.138. The van der Waals surface area contributed by atoms with Gasteiger partial charge in [-0.2, -0.15) is 0 Å². The molecule has 0 saturated carbocycles. The number of amidine groups is 1. The van der Waals surface area contributed by atoms with Gasteiger partial charge >= 0.3 is 0 Å². The molecular weight excluding hydrogens is 503 g/mol. The summed E-state index contributed by atoms with van der Waals surface area (Å²) in [6.07, 6.45) is 3.25. The van der Waals surface area contributed by atoms with Gasteiger partial charge in [0, 0.05) is 11.1 Å². The van der Waals surface area contributed by atoms with Crippen molar-refractivity contribution in [2.45, 2.75) is 0 Å². The highest BCUT2D eigenvalue weighted by Gasteiger charge is 2.33. The SMILES string of the molecule is COc1ccc(N2C(=O)/C(=C\c3cccs3)N=C2SCC(=O)Nc2cccnc2Cl)cc1Cl. The molecule has 0 spiro atoms. The third-order valence-electron chi connectivity index (χ3n) is 4.41. The lowest BCUT2D eigenvalue weighted by molar-refractivity contribution is -0.114. The van der Waals surface area contributed by atoms with Gasteiger partial charge in [0.05, 0.1) is 29.3 Å². The smallest absolute Gasteiger partial charge is 0.283 e. The van der Waals surface area contributed by atoms with Crippen LogP contribution in [0.1, 0.15) is 4.88 Å². The summed E-state index contributed by atoms with van der Waals surface area (Å²) >= 11 is 14.9. The number of ether oxygens (including phenoxy) is 1. The Kier molecular flexibility index (Phi) is 7.34. The first-order valence-electron chi connectivity index (χ1n) is 9.51. The van der Waals surface area contributed by atoms with Gasteiger partial charge in [-0.05, 0) is 47.9 Å². The van der Waals surface area contributed by atoms with E-state index in [2.05, 4.69) is 15.3 Å². The number of methoxy groups -OCH3 is 1. The lowest BCUT2D eigenvalue weighted by Crippen LogP contribution is -2.31. The maximum Gasteiger partial charge on any atom is 0.283 e. The number of benzene rings is 1.